The number of amides is 1. The van der Waals surface area contributed by atoms with E-state index in [9.17, 15) is 4.79 Å². The van der Waals surface area contributed by atoms with E-state index >= 15 is 0 Å². The van der Waals surface area contributed by atoms with Gasteiger partial charge in [-0.15, -0.1) is 0 Å². The first-order chi connectivity index (χ1) is 14.7. The van der Waals surface area contributed by atoms with Crippen molar-refractivity contribution >= 4 is 11.5 Å². The Hall–Kier alpha value is -2.79. The summed E-state index contributed by atoms with van der Waals surface area (Å²) >= 11 is 0. The number of hydrogen-bond donors (Lipinski definition) is 0. The van der Waals surface area contributed by atoms with Crippen LogP contribution in [0.1, 0.15) is 36.4 Å². The summed E-state index contributed by atoms with van der Waals surface area (Å²) in [6.45, 7) is 2.86. The van der Waals surface area contributed by atoms with Crippen LogP contribution in [0, 0.1) is 0 Å². The van der Waals surface area contributed by atoms with Crippen LogP contribution in [-0.4, -0.2) is 56.1 Å². The van der Waals surface area contributed by atoms with Crippen molar-refractivity contribution < 1.29 is 14.3 Å². The lowest BCUT2D eigenvalue weighted by Gasteiger charge is -2.31. The van der Waals surface area contributed by atoms with E-state index in [0.29, 0.717) is 13.1 Å². The summed E-state index contributed by atoms with van der Waals surface area (Å²) < 4.78 is 10.9. The first-order valence-corrected chi connectivity index (χ1v) is 10.7. The third kappa shape index (κ3) is 4.36. The molecule has 2 aliphatic heterocycles. The first-order valence-electron chi connectivity index (χ1n) is 10.7. The minimum Gasteiger partial charge on any atom is -0.497 e. The topological polar surface area (TPSA) is 42.0 Å². The molecule has 4 rings (SSSR count). The van der Waals surface area contributed by atoms with Gasteiger partial charge < -0.3 is 14.4 Å². The average molecular weight is 407 g/mol. The van der Waals surface area contributed by atoms with Crippen LogP contribution in [0.3, 0.4) is 0 Å². The lowest BCUT2D eigenvalue weighted by Crippen LogP contribution is -2.42. The summed E-state index contributed by atoms with van der Waals surface area (Å²) in [4.78, 5) is 17.3. The Morgan fingerprint density at radius 3 is 2.60 bits per heavy atom. The number of hydrogen-bond acceptors (Lipinski definition) is 4. The molecule has 1 fully saturated rings. The van der Waals surface area contributed by atoms with E-state index in [1.807, 2.05) is 23.1 Å². The van der Waals surface area contributed by atoms with Gasteiger partial charge >= 0.3 is 0 Å². The van der Waals surface area contributed by atoms with Gasteiger partial charge in [-0.25, -0.2) is 0 Å². The monoisotopic (exact) mass is 406 g/mol. The quantitative estimate of drug-likeness (QED) is 0.723. The fraction of sp³-hybridized carbons (Fsp3) is 0.400. The minimum atomic E-state index is 0.204. The third-order valence-electron chi connectivity index (χ3n) is 6.21. The van der Waals surface area contributed by atoms with E-state index in [-0.39, 0.29) is 11.9 Å². The highest BCUT2D eigenvalue weighted by Gasteiger charge is 2.31. The first kappa shape index (κ1) is 20.5. The smallest absolute Gasteiger partial charge is 0.237 e. The molecule has 1 amide bonds. The van der Waals surface area contributed by atoms with Gasteiger partial charge in [0.1, 0.15) is 11.5 Å². The van der Waals surface area contributed by atoms with Gasteiger partial charge in [0.2, 0.25) is 5.91 Å². The molecule has 0 unspecified atom stereocenters. The molecule has 0 spiro atoms. The highest BCUT2D eigenvalue weighted by Crippen LogP contribution is 2.38. The molecule has 0 saturated carbocycles. The number of benzene rings is 2. The van der Waals surface area contributed by atoms with Gasteiger partial charge in [-0.05, 0) is 43.0 Å². The van der Waals surface area contributed by atoms with Crippen molar-refractivity contribution in [2.24, 2.45) is 0 Å². The summed E-state index contributed by atoms with van der Waals surface area (Å²) in [6, 6.07) is 16.6. The molecular formula is C25H30N2O3. The summed E-state index contributed by atoms with van der Waals surface area (Å²) in [6.07, 6.45) is 5.23. The molecule has 1 saturated heterocycles. The Labute approximate surface area is 178 Å². The Morgan fingerprint density at radius 1 is 1.07 bits per heavy atom. The molecule has 2 heterocycles. The zero-order chi connectivity index (χ0) is 20.9. The van der Waals surface area contributed by atoms with Crippen LogP contribution < -0.4 is 9.47 Å². The van der Waals surface area contributed by atoms with Gasteiger partial charge in [-0.1, -0.05) is 42.5 Å². The Morgan fingerprint density at radius 2 is 1.90 bits per heavy atom. The minimum absolute atomic E-state index is 0.204. The summed E-state index contributed by atoms with van der Waals surface area (Å²) in [5, 5.41) is 0. The van der Waals surface area contributed by atoms with Crippen LogP contribution in [0.15, 0.2) is 54.6 Å². The zero-order valence-corrected chi connectivity index (χ0v) is 17.8. The van der Waals surface area contributed by atoms with E-state index in [1.54, 1.807) is 14.2 Å². The van der Waals surface area contributed by atoms with Gasteiger partial charge in [0.15, 0.2) is 0 Å². The second-order valence-electron chi connectivity index (χ2n) is 7.92. The van der Waals surface area contributed by atoms with Crippen molar-refractivity contribution in [2.45, 2.75) is 25.3 Å². The van der Waals surface area contributed by atoms with Crippen LogP contribution in [0.25, 0.3) is 5.57 Å². The van der Waals surface area contributed by atoms with Crippen LogP contribution >= 0.6 is 0 Å². The molecule has 2 aromatic carbocycles. The second-order valence-corrected chi connectivity index (χ2v) is 7.92. The van der Waals surface area contributed by atoms with E-state index in [1.165, 1.54) is 11.1 Å². The average Bonchev–Trinajstić information content (AvgIpc) is 3.27. The Bertz CT molecular complexity index is 910. The highest BCUT2D eigenvalue weighted by molar-refractivity contribution is 5.80. The van der Waals surface area contributed by atoms with Crippen molar-refractivity contribution in [3.05, 3.63) is 65.7 Å². The number of nitrogens with zero attached hydrogens (tertiary/aromatic N) is 2. The van der Waals surface area contributed by atoms with E-state index in [4.69, 9.17) is 9.47 Å². The fourth-order valence-corrected chi connectivity index (χ4v) is 4.55. The molecule has 2 aliphatic rings. The van der Waals surface area contributed by atoms with Crippen molar-refractivity contribution in [3.63, 3.8) is 0 Å². The number of carbonyl (C=O) groups excluding carboxylic acids is 1. The van der Waals surface area contributed by atoms with Crippen LogP contribution in [0.2, 0.25) is 0 Å². The number of rotatable bonds is 6. The predicted molar refractivity (Wildman–Crippen MR) is 119 cm³/mol. The van der Waals surface area contributed by atoms with Crippen LogP contribution in [0.4, 0.5) is 0 Å². The number of methoxy groups -OCH3 is 2. The molecule has 158 valence electrons. The molecule has 0 radical (unpaired) electrons. The summed E-state index contributed by atoms with van der Waals surface area (Å²) in [5.74, 6) is 1.82. The predicted octanol–water partition coefficient (Wildman–Crippen LogP) is 4.16. The Kier molecular flexibility index (Phi) is 6.38. The van der Waals surface area contributed by atoms with Gasteiger partial charge in [-0.3, -0.25) is 9.69 Å². The fourth-order valence-electron chi connectivity index (χ4n) is 4.55. The SMILES string of the molecule is COc1ccc([C@@H]2CCCN2CC(=O)N2CC=C(c3ccccc3)CC2)c(OC)c1. The molecule has 0 aliphatic carbocycles. The van der Waals surface area contributed by atoms with E-state index < -0.39 is 0 Å². The largest absolute Gasteiger partial charge is 0.497 e. The van der Waals surface area contributed by atoms with Gasteiger partial charge in [0, 0.05) is 30.8 Å². The molecule has 0 aromatic heterocycles. The van der Waals surface area contributed by atoms with E-state index in [0.717, 1.165) is 49.4 Å². The molecule has 0 bridgehead atoms. The molecule has 2 aromatic rings. The molecule has 5 nitrogen and oxygen atoms in total. The Balaban J connectivity index is 1.42. The maximum absolute atomic E-state index is 13.0. The molecule has 5 heteroatoms. The molecule has 1 atom stereocenters. The van der Waals surface area contributed by atoms with Crippen LogP contribution in [-0.2, 0) is 4.79 Å². The number of likely N-dealkylation sites (tertiary alicyclic amines) is 1. The van der Waals surface area contributed by atoms with Crippen LogP contribution in [0.5, 0.6) is 11.5 Å². The lowest BCUT2D eigenvalue weighted by molar-refractivity contribution is -0.132. The van der Waals surface area contributed by atoms with Gasteiger partial charge in [0.25, 0.3) is 0 Å². The standard InChI is InChI=1S/C25H30N2O3/c1-29-21-10-11-22(24(17-21)30-2)23-9-6-14-27(23)18-25(28)26-15-12-20(13-16-26)19-7-4-3-5-8-19/h3-5,7-8,10-12,17,23H,6,9,13-16,18H2,1-2H3/t23-/m0/s1. The molecule has 30 heavy (non-hydrogen) atoms. The highest BCUT2D eigenvalue weighted by atomic mass is 16.5. The maximum Gasteiger partial charge on any atom is 0.237 e. The summed E-state index contributed by atoms with van der Waals surface area (Å²) in [5.41, 5.74) is 3.73. The normalized spacial score (nSPS) is 19.5. The second kappa shape index (κ2) is 9.35. The maximum atomic E-state index is 13.0. The lowest BCUT2D eigenvalue weighted by atomic mass is 9.99. The van der Waals surface area contributed by atoms with Gasteiger partial charge in [-0.2, -0.15) is 0 Å². The zero-order valence-electron chi connectivity index (χ0n) is 17.8. The van der Waals surface area contributed by atoms with Crippen molar-refractivity contribution in [2.75, 3.05) is 40.4 Å². The molecular weight excluding hydrogens is 376 g/mol. The van der Waals surface area contributed by atoms with Crippen molar-refractivity contribution in [1.29, 1.82) is 0 Å². The third-order valence-corrected chi connectivity index (χ3v) is 6.21. The number of ether oxygens (including phenoxy) is 2. The molecule has 0 N–H and O–H groups in total. The van der Waals surface area contributed by atoms with E-state index in [2.05, 4.69) is 41.3 Å². The van der Waals surface area contributed by atoms with Gasteiger partial charge in [0.05, 0.1) is 20.8 Å². The van der Waals surface area contributed by atoms with Crippen molar-refractivity contribution in [3.8, 4) is 11.5 Å². The summed E-state index contributed by atoms with van der Waals surface area (Å²) in [7, 11) is 3.35. The number of carbonyl (C=O) groups is 1. The van der Waals surface area contributed by atoms with Crippen molar-refractivity contribution in [1.82, 2.24) is 9.80 Å².